The molecule has 0 atom stereocenters. The molecule has 0 fully saturated rings. The average molecular weight is 528 g/mol. The maximum atomic E-state index is 5.10. The molecule has 1 nitrogen and oxygen atoms in total. The Kier molecular flexibility index (Phi) is 4.34. The standard InChI is InChI=1S/C38H25NS/c1-38(2)33-19-30-25-13-6-4-11-23(25)22-10-3-5-12-24(22)29(30)18-31(33)32-21-39-35(20-34(32)38)28-16-9-15-27-26-14-7-8-17-36(26)40-37(27)28/h3-21H,1-2H3. The lowest BCUT2D eigenvalue weighted by Crippen LogP contribution is -2.15. The number of aromatic nitrogens is 1. The Morgan fingerprint density at radius 1 is 0.500 bits per heavy atom. The fourth-order valence-electron chi connectivity index (χ4n) is 7.12. The molecule has 2 aromatic heterocycles. The monoisotopic (exact) mass is 527 g/mol. The predicted molar refractivity (Wildman–Crippen MR) is 173 cm³/mol. The molecule has 2 heterocycles. The SMILES string of the molecule is CC1(C)c2cc(-c3cccc4c3sc3ccccc34)ncc2-c2cc3c4ccccc4c4ccccc4c3cc21. The van der Waals surface area contributed by atoms with Gasteiger partial charge in [0.05, 0.1) is 5.69 Å². The van der Waals surface area contributed by atoms with Gasteiger partial charge in [0.15, 0.2) is 0 Å². The van der Waals surface area contributed by atoms with Crippen LogP contribution in [0.5, 0.6) is 0 Å². The normalized spacial score (nSPS) is 13.9. The zero-order valence-electron chi connectivity index (χ0n) is 22.3. The molecule has 0 saturated carbocycles. The number of hydrogen-bond acceptors (Lipinski definition) is 2. The van der Waals surface area contributed by atoms with Crippen LogP contribution < -0.4 is 0 Å². The Hall–Kier alpha value is -4.53. The zero-order valence-corrected chi connectivity index (χ0v) is 23.1. The highest BCUT2D eigenvalue weighted by atomic mass is 32.1. The van der Waals surface area contributed by atoms with E-state index in [4.69, 9.17) is 4.98 Å². The van der Waals surface area contributed by atoms with Crippen LogP contribution in [0.3, 0.4) is 0 Å². The first-order chi connectivity index (χ1) is 19.6. The summed E-state index contributed by atoms with van der Waals surface area (Å²) < 4.78 is 2.64. The second-order valence-electron chi connectivity index (χ2n) is 11.6. The highest BCUT2D eigenvalue weighted by molar-refractivity contribution is 7.26. The maximum Gasteiger partial charge on any atom is 0.0719 e. The van der Waals surface area contributed by atoms with E-state index in [1.165, 1.54) is 80.3 Å². The van der Waals surface area contributed by atoms with Crippen LogP contribution in [0, 0.1) is 0 Å². The third-order valence-corrected chi connectivity index (χ3v) is 10.3. The fourth-order valence-corrected chi connectivity index (χ4v) is 8.34. The molecule has 0 aliphatic heterocycles. The number of thiophene rings is 1. The van der Waals surface area contributed by atoms with Gasteiger partial charge in [0, 0.05) is 42.9 Å². The minimum atomic E-state index is -0.128. The first kappa shape index (κ1) is 22.3. The van der Waals surface area contributed by atoms with Crippen molar-refractivity contribution in [3.8, 4) is 22.4 Å². The summed E-state index contributed by atoms with van der Waals surface area (Å²) in [5.41, 5.74) is 7.45. The van der Waals surface area contributed by atoms with Crippen molar-refractivity contribution in [2.75, 3.05) is 0 Å². The van der Waals surface area contributed by atoms with Crippen LogP contribution in [0.2, 0.25) is 0 Å². The Morgan fingerprint density at radius 3 is 1.80 bits per heavy atom. The summed E-state index contributed by atoms with van der Waals surface area (Å²) in [6, 6.07) is 40.3. The maximum absolute atomic E-state index is 5.10. The summed E-state index contributed by atoms with van der Waals surface area (Å²) in [6.45, 7) is 4.74. The van der Waals surface area contributed by atoms with Gasteiger partial charge < -0.3 is 0 Å². The van der Waals surface area contributed by atoms with Crippen LogP contribution in [-0.4, -0.2) is 4.98 Å². The van der Waals surface area contributed by atoms with Gasteiger partial charge in [-0.15, -0.1) is 11.3 Å². The molecule has 0 amide bonds. The van der Waals surface area contributed by atoms with E-state index in [2.05, 4.69) is 129 Å². The zero-order chi connectivity index (χ0) is 26.6. The van der Waals surface area contributed by atoms with E-state index in [1.807, 2.05) is 11.3 Å². The van der Waals surface area contributed by atoms with Crippen molar-refractivity contribution >= 4 is 63.8 Å². The molecule has 0 unspecified atom stereocenters. The molecule has 188 valence electrons. The quantitative estimate of drug-likeness (QED) is 0.193. The number of hydrogen-bond donors (Lipinski definition) is 0. The van der Waals surface area contributed by atoms with Crippen molar-refractivity contribution in [2.45, 2.75) is 19.3 Å². The van der Waals surface area contributed by atoms with E-state index in [9.17, 15) is 0 Å². The van der Waals surface area contributed by atoms with Gasteiger partial charge in [0.2, 0.25) is 0 Å². The van der Waals surface area contributed by atoms with E-state index >= 15 is 0 Å². The second kappa shape index (κ2) is 7.78. The Balaban J connectivity index is 1.31. The van der Waals surface area contributed by atoms with Gasteiger partial charge in [0.1, 0.15) is 0 Å². The van der Waals surface area contributed by atoms with Gasteiger partial charge >= 0.3 is 0 Å². The average Bonchev–Trinajstić information content (AvgIpc) is 3.49. The van der Waals surface area contributed by atoms with Gasteiger partial charge in [-0.3, -0.25) is 4.98 Å². The highest BCUT2D eigenvalue weighted by Gasteiger charge is 2.37. The van der Waals surface area contributed by atoms with E-state index < -0.39 is 0 Å². The van der Waals surface area contributed by atoms with Gasteiger partial charge in [-0.1, -0.05) is 98.8 Å². The van der Waals surface area contributed by atoms with Crippen LogP contribution in [0.4, 0.5) is 0 Å². The van der Waals surface area contributed by atoms with Gasteiger partial charge in [-0.2, -0.15) is 0 Å². The van der Waals surface area contributed by atoms with Crippen LogP contribution in [0.25, 0.3) is 74.9 Å². The van der Waals surface area contributed by atoms with Crippen LogP contribution in [0.15, 0.2) is 115 Å². The Bertz CT molecular complexity index is 2350. The molecule has 1 aliphatic carbocycles. The summed E-state index contributed by atoms with van der Waals surface area (Å²) in [6.07, 6.45) is 2.12. The summed E-state index contributed by atoms with van der Waals surface area (Å²) in [5, 5.41) is 10.5. The van der Waals surface area contributed by atoms with Crippen molar-refractivity contribution in [3.05, 3.63) is 127 Å². The van der Waals surface area contributed by atoms with Crippen molar-refractivity contribution in [1.29, 1.82) is 0 Å². The largest absolute Gasteiger partial charge is 0.256 e. The third-order valence-electron chi connectivity index (χ3n) is 9.10. The summed E-state index contributed by atoms with van der Waals surface area (Å²) in [4.78, 5) is 5.10. The second-order valence-corrected chi connectivity index (χ2v) is 12.6. The third kappa shape index (κ3) is 2.84. The predicted octanol–water partition coefficient (Wildman–Crippen LogP) is 10.9. The van der Waals surface area contributed by atoms with E-state index in [1.54, 1.807) is 0 Å². The van der Waals surface area contributed by atoms with Crippen LogP contribution in [0.1, 0.15) is 25.0 Å². The van der Waals surface area contributed by atoms with Crippen LogP contribution >= 0.6 is 11.3 Å². The first-order valence-corrected chi connectivity index (χ1v) is 14.7. The number of nitrogens with zero attached hydrogens (tertiary/aromatic N) is 1. The molecular formula is C38H25NS. The number of rotatable bonds is 1. The molecular weight excluding hydrogens is 502 g/mol. The smallest absolute Gasteiger partial charge is 0.0719 e. The lowest BCUT2D eigenvalue weighted by Gasteiger charge is -2.22. The first-order valence-electron chi connectivity index (χ1n) is 13.9. The van der Waals surface area contributed by atoms with E-state index in [0.717, 1.165) is 5.69 Å². The van der Waals surface area contributed by atoms with E-state index in [-0.39, 0.29) is 5.41 Å². The molecule has 9 rings (SSSR count). The molecule has 0 radical (unpaired) electrons. The molecule has 8 aromatic rings. The Labute approximate surface area is 236 Å². The van der Waals surface area contributed by atoms with Gasteiger partial charge in [0.25, 0.3) is 0 Å². The fraction of sp³-hybridized carbons (Fsp3) is 0.0789. The molecule has 2 heteroatoms. The van der Waals surface area contributed by atoms with Crippen molar-refractivity contribution in [2.24, 2.45) is 0 Å². The minimum absolute atomic E-state index is 0.128. The Morgan fingerprint density at radius 2 is 1.07 bits per heavy atom. The molecule has 1 aliphatic rings. The summed E-state index contributed by atoms with van der Waals surface area (Å²) in [7, 11) is 0. The van der Waals surface area contributed by atoms with Crippen LogP contribution in [-0.2, 0) is 5.41 Å². The van der Waals surface area contributed by atoms with Crippen molar-refractivity contribution in [1.82, 2.24) is 4.98 Å². The molecule has 0 saturated heterocycles. The molecule has 0 N–H and O–H groups in total. The molecule has 40 heavy (non-hydrogen) atoms. The number of benzene rings is 6. The summed E-state index contributed by atoms with van der Waals surface area (Å²) in [5.74, 6) is 0. The number of fused-ring (bicyclic) bond motifs is 12. The highest BCUT2D eigenvalue weighted by Crippen LogP contribution is 2.52. The molecule has 0 spiro atoms. The van der Waals surface area contributed by atoms with Gasteiger partial charge in [-0.05, 0) is 73.3 Å². The lowest BCUT2D eigenvalue weighted by atomic mass is 9.81. The minimum Gasteiger partial charge on any atom is -0.256 e. The van der Waals surface area contributed by atoms with Crippen molar-refractivity contribution < 1.29 is 0 Å². The van der Waals surface area contributed by atoms with E-state index in [0.29, 0.717) is 0 Å². The summed E-state index contributed by atoms with van der Waals surface area (Å²) >= 11 is 1.87. The van der Waals surface area contributed by atoms with Crippen molar-refractivity contribution in [3.63, 3.8) is 0 Å². The topological polar surface area (TPSA) is 12.9 Å². The number of pyridine rings is 1. The molecule has 6 aromatic carbocycles. The van der Waals surface area contributed by atoms with Gasteiger partial charge in [-0.25, -0.2) is 0 Å². The lowest BCUT2D eigenvalue weighted by molar-refractivity contribution is 0.661. The molecule has 0 bridgehead atoms.